The van der Waals surface area contributed by atoms with Gasteiger partial charge in [-0.25, -0.2) is 9.97 Å². The Morgan fingerprint density at radius 3 is 2.63 bits per heavy atom. The van der Waals surface area contributed by atoms with Crippen LogP contribution in [0.15, 0.2) is 65.4 Å². The van der Waals surface area contributed by atoms with E-state index in [4.69, 9.17) is 0 Å². The van der Waals surface area contributed by atoms with Gasteiger partial charge in [-0.3, -0.25) is 4.79 Å². The van der Waals surface area contributed by atoms with E-state index >= 15 is 0 Å². The molecule has 1 aliphatic rings. The first kappa shape index (κ1) is 17.7. The van der Waals surface area contributed by atoms with Gasteiger partial charge in [0.2, 0.25) is 5.91 Å². The van der Waals surface area contributed by atoms with Crippen LogP contribution in [0.3, 0.4) is 0 Å². The molecule has 1 amide bonds. The first-order valence-corrected chi connectivity index (χ1v) is 9.59. The van der Waals surface area contributed by atoms with E-state index in [0.29, 0.717) is 13.1 Å². The highest BCUT2D eigenvalue weighted by molar-refractivity contribution is 9.10. The number of nitrogens with one attached hydrogen (secondary N) is 1. The van der Waals surface area contributed by atoms with Crippen LogP contribution in [-0.4, -0.2) is 29.0 Å². The largest absolute Gasteiger partial charge is 0.355 e. The number of hydrogen-bond acceptors (Lipinski definition) is 4. The molecule has 0 unspecified atom stereocenters. The topological polar surface area (TPSA) is 58.1 Å². The maximum atomic E-state index is 12.5. The minimum Gasteiger partial charge on any atom is -0.355 e. The molecule has 1 aliphatic heterocycles. The zero-order valence-corrected chi connectivity index (χ0v) is 16.5. The third-order valence-corrected chi connectivity index (χ3v) is 5.24. The molecule has 136 valence electrons. The molecule has 5 nitrogen and oxygen atoms in total. The molecule has 0 saturated carbocycles. The van der Waals surface area contributed by atoms with Crippen molar-refractivity contribution >= 4 is 33.3 Å². The summed E-state index contributed by atoms with van der Waals surface area (Å²) in [7, 11) is 0. The molecule has 4 rings (SSSR count). The molecular formula is C21H19BrN4O. The summed E-state index contributed by atoms with van der Waals surface area (Å²) in [4.78, 5) is 23.3. The second-order valence-electron chi connectivity index (χ2n) is 6.68. The summed E-state index contributed by atoms with van der Waals surface area (Å²) >= 11 is 3.44. The average molecular weight is 423 g/mol. The van der Waals surface area contributed by atoms with Gasteiger partial charge in [0.15, 0.2) is 0 Å². The van der Waals surface area contributed by atoms with Crippen LogP contribution in [-0.2, 0) is 4.79 Å². The fraction of sp³-hybridized carbons (Fsp3) is 0.190. The fourth-order valence-corrected chi connectivity index (χ4v) is 3.60. The van der Waals surface area contributed by atoms with E-state index in [-0.39, 0.29) is 11.8 Å². The number of aromatic nitrogens is 2. The SMILES string of the molecule is Cc1cc(Br)ccc1NC(=O)C1CN(c2cc(-c3ccccc3)ncn2)C1. The Morgan fingerprint density at radius 2 is 1.89 bits per heavy atom. The molecule has 1 fully saturated rings. The molecular weight excluding hydrogens is 404 g/mol. The molecule has 0 radical (unpaired) electrons. The first-order chi connectivity index (χ1) is 13.1. The summed E-state index contributed by atoms with van der Waals surface area (Å²) in [5.41, 5.74) is 3.84. The van der Waals surface area contributed by atoms with Gasteiger partial charge in [0.05, 0.1) is 11.6 Å². The van der Waals surface area contributed by atoms with Gasteiger partial charge in [-0.1, -0.05) is 46.3 Å². The average Bonchev–Trinajstić information content (AvgIpc) is 2.64. The lowest BCUT2D eigenvalue weighted by molar-refractivity contribution is -0.120. The number of halogens is 1. The Balaban J connectivity index is 1.40. The second-order valence-corrected chi connectivity index (χ2v) is 7.59. The van der Waals surface area contributed by atoms with Crippen molar-refractivity contribution in [3.05, 3.63) is 71.0 Å². The van der Waals surface area contributed by atoms with Crippen LogP contribution in [0.4, 0.5) is 11.5 Å². The maximum absolute atomic E-state index is 12.5. The van der Waals surface area contributed by atoms with Crippen LogP contribution in [0.1, 0.15) is 5.56 Å². The van der Waals surface area contributed by atoms with Crippen molar-refractivity contribution in [2.75, 3.05) is 23.3 Å². The molecule has 0 spiro atoms. The normalized spacial score (nSPS) is 13.9. The Hall–Kier alpha value is -2.73. The van der Waals surface area contributed by atoms with Crippen LogP contribution < -0.4 is 10.2 Å². The predicted octanol–water partition coefficient (Wildman–Crippen LogP) is 4.29. The smallest absolute Gasteiger partial charge is 0.231 e. The van der Waals surface area contributed by atoms with Crippen molar-refractivity contribution in [1.82, 2.24) is 9.97 Å². The minimum atomic E-state index is -0.0387. The molecule has 1 N–H and O–H groups in total. The molecule has 27 heavy (non-hydrogen) atoms. The van der Waals surface area contributed by atoms with Crippen molar-refractivity contribution in [2.24, 2.45) is 5.92 Å². The van der Waals surface area contributed by atoms with Crippen molar-refractivity contribution in [1.29, 1.82) is 0 Å². The molecule has 6 heteroatoms. The summed E-state index contributed by atoms with van der Waals surface area (Å²) in [6.45, 7) is 3.30. The van der Waals surface area contributed by atoms with E-state index < -0.39 is 0 Å². The lowest BCUT2D eigenvalue weighted by Crippen LogP contribution is -2.52. The van der Waals surface area contributed by atoms with Gasteiger partial charge in [0, 0.05) is 34.9 Å². The van der Waals surface area contributed by atoms with E-state index in [9.17, 15) is 4.79 Å². The highest BCUT2D eigenvalue weighted by Gasteiger charge is 2.33. The number of carbonyl (C=O) groups excluding carboxylic acids is 1. The Bertz CT molecular complexity index is 971. The third-order valence-electron chi connectivity index (χ3n) is 4.74. The summed E-state index contributed by atoms with van der Waals surface area (Å²) in [5, 5.41) is 3.03. The van der Waals surface area contributed by atoms with Gasteiger partial charge >= 0.3 is 0 Å². The quantitative estimate of drug-likeness (QED) is 0.680. The van der Waals surface area contributed by atoms with Gasteiger partial charge in [0.25, 0.3) is 0 Å². The molecule has 3 aromatic rings. The van der Waals surface area contributed by atoms with Gasteiger partial charge in [0.1, 0.15) is 12.1 Å². The van der Waals surface area contributed by atoms with E-state index in [1.807, 2.05) is 61.5 Å². The molecule has 2 aromatic carbocycles. The summed E-state index contributed by atoms with van der Waals surface area (Å²) in [6, 6.07) is 17.8. The van der Waals surface area contributed by atoms with Crippen molar-refractivity contribution in [3.63, 3.8) is 0 Å². The Labute approximate surface area is 166 Å². The van der Waals surface area contributed by atoms with Crippen LogP contribution in [0.2, 0.25) is 0 Å². The fourth-order valence-electron chi connectivity index (χ4n) is 3.12. The lowest BCUT2D eigenvalue weighted by Gasteiger charge is -2.39. The minimum absolute atomic E-state index is 0.0387. The third kappa shape index (κ3) is 3.85. The summed E-state index contributed by atoms with van der Waals surface area (Å²) in [6.07, 6.45) is 1.58. The summed E-state index contributed by atoms with van der Waals surface area (Å²) in [5.74, 6) is 0.866. The second kappa shape index (κ2) is 7.48. The molecule has 0 atom stereocenters. The number of aryl methyl sites for hydroxylation is 1. The zero-order chi connectivity index (χ0) is 18.8. The van der Waals surface area contributed by atoms with E-state index in [2.05, 4.69) is 36.1 Å². The molecule has 1 saturated heterocycles. The standard InChI is InChI=1S/C21H19BrN4O/c1-14-9-17(22)7-8-18(14)25-21(27)16-11-26(12-16)20-10-19(23-13-24-20)15-5-3-2-4-6-15/h2-10,13,16H,11-12H2,1H3,(H,25,27). The highest BCUT2D eigenvalue weighted by atomic mass is 79.9. The Kier molecular flexibility index (Phi) is 4.90. The van der Waals surface area contributed by atoms with Gasteiger partial charge in [-0.15, -0.1) is 0 Å². The van der Waals surface area contributed by atoms with Gasteiger partial charge < -0.3 is 10.2 Å². The molecule has 1 aromatic heterocycles. The Morgan fingerprint density at radius 1 is 1.11 bits per heavy atom. The predicted molar refractivity (Wildman–Crippen MR) is 111 cm³/mol. The molecule has 2 heterocycles. The van der Waals surface area contributed by atoms with Crippen LogP contribution >= 0.6 is 15.9 Å². The number of amides is 1. The van der Waals surface area contributed by atoms with Crippen molar-refractivity contribution in [2.45, 2.75) is 6.92 Å². The number of rotatable bonds is 4. The molecule has 0 aliphatic carbocycles. The van der Waals surface area contributed by atoms with Crippen LogP contribution in [0, 0.1) is 12.8 Å². The van der Waals surface area contributed by atoms with E-state index in [1.54, 1.807) is 6.33 Å². The van der Waals surface area contributed by atoms with Crippen molar-refractivity contribution < 1.29 is 4.79 Å². The van der Waals surface area contributed by atoms with Crippen molar-refractivity contribution in [3.8, 4) is 11.3 Å². The zero-order valence-electron chi connectivity index (χ0n) is 14.9. The highest BCUT2D eigenvalue weighted by Crippen LogP contribution is 2.27. The van der Waals surface area contributed by atoms with Gasteiger partial charge in [-0.05, 0) is 30.7 Å². The number of anilines is 2. The van der Waals surface area contributed by atoms with E-state index in [1.165, 1.54) is 0 Å². The molecule has 0 bridgehead atoms. The van der Waals surface area contributed by atoms with Crippen LogP contribution in [0.25, 0.3) is 11.3 Å². The van der Waals surface area contributed by atoms with E-state index in [0.717, 1.165) is 32.8 Å². The van der Waals surface area contributed by atoms with Crippen LogP contribution in [0.5, 0.6) is 0 Å². The maximum Gasteiger partial charge on any atom is 0.231 e. The monoisotopic (exact) mass is 422 g/mol. The number of carbonyl (C=O) groups is 1. The summed E-state index contributed by atoms with van der Waals surface area (Å²) < 4.78 is 1.01. The first-order valence-electron chi connectivity index (χ1n) is 8.79. The number of nitrogens with zero attached hydrogens (tertiary/aromatic N) is 3. The number of hydrogen-bond donors (Lipinski definition) is 1. The lowest BCUT2D eigenvalue weighted by atomic mass is 9.98. The van der Waals surface area contributed by atoms with Gasteiger partial charge in [-0.2, -0.15) is 0 Å². The number of benzene rings is 2.